The van der Waals surface area contributed by atoms with Gasteiger partial charge < -0.3 is 15.2 Å². The van der Waals surface area contributed by atoms with Gasteiger partial charge in [-0.2, -0.15) is 0 Å². The Morgan fingerprint density at radius 2 is 1.80 bits per heavy atom. The summed E-state index contributed by atoms with van der Waals surface area (Å²) in [6, 6.07) is 22.5. The standard InChI is InChI=1S/C29H33ClN2O3/c1-21-4-2-5-27(29(33)34)28(21)35-19-3-17-32-18-16-31-20-26(32)15-8-22-6-9-23(10-7-22)24-11-13-25(30)14-12-24/h2,4-7,9-14,26,31H,3,8,15-20H2,1H3,(H,33,34). The number of hydrogen-bond acceptors (Lipinski definition) is 4. The second-order valence-corrected chi connectivity index (χ2v) is 9.53. The Morgan fingerprint density at radius 1 is 1.09 bits per heavy atom. The molecule has 4 rings (SSSR count). The Hall–Kier alpha value is -2.86. The summed E-state index contributed by atoms with van der Waals surface area (Å²) < 4.78 is 5.91. The van der Waals surface area contributed by atoms with Crippen LogP contribution in [0.5, 0.6) is 5.75 Å². The van der Waals surface area contributed by atoms with Crippen LogP contribution in [0, 0.1) is 6.92 Å². The maximum Gasteiger partial charge on any atom is 0.339 e. The first-order valence-electron chi connectivity index (χ1n) is 12.3. The molecule has 0 aliphatic carbocycles. The van der Waals surface area contributed by atoms with E-state index in [1.165, 1.54) is 16.7 Å². The Kier molecular flexibility index (Phi) is 8.80. The van der Waals surface area contributed by atoms with Crippen LogP contribution in [-0.2, 0) is 6.42 Å². The molecule has 0 aromatic heterocycles. The first kappa shape index (κ1) is 25.2. The number of carboxylic acids is 1. The fourth-order valence-electron chi connectivity index (χ4n) is 4.68. The van der Waals surface area contributed by atoms with Gasteiger partial charge in [0.25, 0.3) is 0 Å². The van der Waals surface area contributed by atoms with Gasteiger partial charge in [0.05, 0.1) is 6.61 Å². The van der Waals surface area contributed by atoms with E-state index in [4.69, 9.17) is 16.3 Å². The molecule has 1 aliphatic heterocycles. The van der Waals surface area contributed by atoms with Crippen molar-refractivity contribution in [2.75, 3.05) is 32.8 Å². The molecule has 184 valence electrons. The second-order valence-electron chi connectivity index (χ2n) is 9.10. The number of aryl methyl sites for hydroxylation is 2. The lowest BCUT2D eigenvalue weighted by Gasteiger charge is -2.36. The first-order valence-corrected chi connectivity index (χ1v) is 12.6. The Balaban J connectivity index is 1.27. The van der Waals surface area contributed by atoms with Crippen LogP contribution >= 0.6 is 11.6 Å². The lowest BCUT2D eigenvalue weighted by molar-refractivity contribution is 0.0691. The number of para-hydroxylation sites is 1. The number of carbonyl (C=O) groups is 1. The maximum atomic E-state index is 11.5. The van der Waals surface area contributed by atoms with Crippen molar-refractivity contribution in [3.63, 3.8) is 0 Å². The molecule has 2 N–H and O–H groups in total. The normalized spacial score (nSPS) is 16.2. The highest BCUT2D eigenvalue weighted by molar-refractivity contribution is 6.30. The lowest BCUT2D eigenvalue weighted by Crippen LogP contribution is -2.51. The number of piperazine rings is 1. The highest BCUT2D eigenvalue weighted by Gasteiger charge is 2.21. The summed E-state index contributed by atoms with van der Waals surface area (Å²) in [5.41, 5.74) is 4.80. The average Bonchev–Trinajstić information content (AvgIpc) is 2.87. The average molecular weight is 493 g/mol. The van der Waals surface area contributed by atoms with Crippen molar-refractivity contribution in [3.8, 4) is 16.9 Å². The molecule has 1 unspecified atom stereocenters. The van der Waals surface area contributed by atoms with Crippen LogP contribution in [0.15, 0.2) is 66.7 Å². The summed E-state index contributed by atoms with van der Waals surface area (Å²) in [6.07, 6.45) is 2.99. The van der Waals surface area contributed by atoms with Gasteiger partial charge in [0.1, 0.15) is 11.3 Å². The number of carboxylic acid groups (broad SMARTS) is 1. The molecule has 1 atom stereocenters. The second kappa shape index (κ2) is 12.2. The van der Waals surface area contributed by atoms with Gasteiger partial charge in [-0.3, -0.25) is 4.90 Å². The smallest absolute Gasteiger partial charge is 0.339 e. The van der Waals surface area contributed by atoms with E-state index in [1.54, 1.807) is 12.1 Å². The molecule has 0 amide bonds. The fourth-order valence-corrected chi connectivity index (χ4v) is 4.80. The number of hydrogen-bond donors (Lipinski definition) is 2. The fraction of sp³-hybridized carbons (Fsp3) is 0.345. The monoisotopic (exact) mass is 492 g/mol. The number of rotatable bonds is 10. The largest absolute Gasteiger partial charge is 0.492 e. The molecule has 0 spiro atoms. The molecule has 0 radical (unpaired) electrons. The van der Waals surface area contributed by atoms with Gasteiger partial charge in [-0.05, 0) is 66.6 Å². The molecule has 35 heavy (non-hydrogen) atoms. The third kappa shape index (κ3) is 6.85. The molecule has 1 saturated heterocycles. The van der Waals surface area contributed by atoms with Gasteiger partial charge in [-0.25, -0.2) is 4.79 Å². The van der Waals surface area contributed by atoms with E-state index >= 15 is 0 Å². The van der Waals surface area contributed by atoms with Crippen LogP contribution in [0.3, 0.4) is 0 Å². The summed E-state index contributed by atoms with van der Waals surface area (Å²) in [5.74, 6) is -0.467. The van der Waals surface area contributed by atoms with Crippen LogP contribution in [0.1, 0.15) is 34.3 Å². The van der Waals surface area contributed by atoms with Crippen LogP contribution in [0.2, 0.25) is 5.02 Å². The summed E-state index contributed by atoms with van der Waals surface area (Å²) in [6.45, 7) is 6.34. The number of nitrogens with zero attached hydrogens (tertiary/aromatic N) is 1. The Bertz CT molecular complexity index is 1120. The third-order valence-corrected chi connectivity index (χ3v) is 6.90. The van der Waals surface area contributed by atoms with Crippen LogP contribution in [-0.4, -0.2) is 54.8 Å². The Labute approximate surface area is 212 Å². The van der Waals surface area contributed by atoms with E-state index in [9.17, 15) is 9.90 Å². The van der Waals surface area contributed by atoms with Crippen molar-refractivity contribution in [1.82, 2.24) is 10.2 Å². The number of ether oxygens (including phenoxy) is 1. The number of halogens is 1. The Morgan fingerprint density at radius 3 is 2.51 bits per heavy atom. The summed E-state index contributed by atoms with van der Waals surface area (Å²) in [4.78, 5) is 14.0. The molecule has 0 saturated carbocycles. The molecule has 1 heterocycles. The first-order chi connectivity index (χ1) is 17.0. The highest BCUT2D eigenvalue weighted by Crippen LogP contribution is 2.24. The van der Waals surface area contributed by atoms with Crippen LogP contribution < -0.4 is 10.1 Å². The van der Waals surface area contributed by atoms with E-state index in [1.807, 2.05) is 37.3 Å². The zero-order valence-electron chi connectivity index (χ0n) is 20.2. The summed E-state index contributed by atoms with van der Waals surface area (Å²) in [5, 5.41) is 13.7. The molecule has 6 heteroatoms. The number of aromatic carboxylic acids is 1. The van der Waals surface area contributed by atoms with Crippen molar-refractivity contribution in [2.45, 2.75) is 32.2 Å². The van der Waals surface area contributed by atoms with Crippen molar-refractivity contribution < 1.29 is 14.6 Å². The zero-order valence-corrected chi connectivity index (χ0v) is 20.9. The van der Waals surface area contributed by atoms with Crippen LogP contribution in [0.4, 0.5) is 0 Å². The maximum absolute atomic E-state index is 11.5. The van der Waals surface area contributed by atoms with E-state index < -0.39 is 5.97 Å². The SMILES string of the molecule is Cc1cccc(C(=O)O)c1OCCCN1CCNCC1CCc1ccc(-c2ccc(Cl)cc2)cc1. The van der Waals surface area contributed by atoms with E-state index in [0.717, 1.165) is 56.0 Å². The topological polar surface area (TPSA) is 61.8 Å². The lowest BCUT2D eigenvalue weighted by atomic mass is 9.99. The minimum atomic E-state index is -0.952. The summed E-state index contributed by atoms with van der Waals surface area (Å²) >= 11 is 6.01. The number of benzene rings is 3. The molecule has 3 aromatic rings. The van der Waals surface area contributed by atoms with Crippen molar-refractivity contribution in [2.24, 2.45) is 0 Å². The van der Waals surface area contributed by atoms with Gasteiger partial charge in [0, 0.05) is 37.2 Å². The van der Waals surface area contributed by atoms with Crippen molar-refractivity contribution in [3.05, 3.63) is 88.4 Å². The van der Waals surface area contributed by atoms with E-state index in [0.29, 0.717) is 18.4 Å². The van der Waals surface area contributed by atoms with Crippen molar-refractivity contribution in [1.29, 1.82) is 0 Å². The van der Waals surface area contributed by atoms with E-state index in [-0.39, 0.29) is 5.56 Å². The van der Waals surface area contributed by atoms with Gasteiger partial charge in [-0.1, -0.05) is 60.1 Å². The molecule has 0 bridgehead atoms. The highest BCUT2D eigenvalue weighted by atomic mass is 35.5. The molecular formula is C29H33ClN2O3. The van der Waals surface area contributed by atoms with Crippen LogP contribution in [0.25, 0.3) is 11.1 Å². The molecule has 1 aliphatic rings. The van der Waals surface area contributed by atoms with Gasteiger partial charge in [0.2, 0.25) is 0 Å². The van der Waals surface area contributed by atoms with Crippen molar-refractivity contribution >= 4 is 17.6 Å². The quantitative estimate of drug-likeness (QED) is 0.356. The number of nitrogens with one attached hydrogen (secondary N) is 1. The predicted molar refractivity (Wildman–Crippen MR) is 142 cm³/mol. The minimum Gasteiger partial charge on any atom is -0.492 e. The van der Waals surface area contributed by atoms with E-state index in [2.05, 4.69) is 34.5 Å². The van der Waals surface area contributed by atoms with Gasteiger partial charge >= 0.3 is 5.97 Å². The van der Waals surface area contributed by atoms with Gasteiger partial charge in [-0.15, -0.1) is 0 Å². The molecule has 1 fully saturated rings. The minimum absolute atomic E-state index is 0.229. The molecule has 5 nitrogen and oxygen atoms in total. The summed E-state index contributed by atoms with van der Waals surface area (Å²) in [7, 11) is 0. The molecular weight excluding hydrogens is 460 g/mol. The third-order valence-electron chi connectivity index (χ3n) is 6.65. The molecule has 3 aromatic carbocycles. The predicted octanol–water partition coefficient (Wildman–Crippen LogP) is 5.69. The van der Waals surface area contributed by atoms with Gasteiger partial charge in [0.15, 0.2) is 0 Å². The zero-order chi connectivity index (χ0) is 24.6.